The minimum atomic E-state index is -1.11. The fourth-order valence-electron chi connectivity index (χ4n) is 1.37. The number of urea groups is 1. The molecule has 0 rings (SSSR count). The fraction of sp³-hybridized carbons (Fsp3) is 0.727. The second-order valence-electron chi connectivity index (χ2n) is 3.78. The first-order valence-corrected chi connectivity index (χ1v) is 5.91. The molecule has 0 atom stereocenters. The molecule has 0 radical (unpaired) electrons. The van der Waals surface area contributed by atoms with Crippen LogP contribution < -0.4 is 5.32 Å². The zero-order valence-corrected chi connectivity index (χ0v) is 11.5. The molecule has 0 aromatic heterocycles. The second-order valence-corrected chi connectivity index (χ2v) is 3.78. The van der Waals surface area contributed by atoms with Crippen LogP contribution in [-0.4, -0.2) is 79.8 Å². The molecule has 0 aliphatic heterocycles. The molecule has 3 amide bonds. The van der Waals surface area contributed by atoms with E-state index in [1.54, 1.807) is 6.92 Å². The van der Waals surface area contributed by atoms with Crippen molar-refractivity contribution in [1.82, 2.24) is 15.1 Å². The van der Waals surface area contributed by atoms with Crippen LogP contribution >= 0.6 is 0 Å². The zero-order valence-electron chi connectivity index (χ0n) is 11.5. The molecule has 2 N–H and O–H groups in total. The molecule has 0 aliphatic rings. The molecule has 8 heteroatoms. The Bertz CT molecular complexity index is 321. The molecule has 0 saturated heterocycles. The summed E-state index contributed by atoms with van der Waals surface area (Å²) in [5.41, 5.74) is 0. The first-order chi connectivity index (χ1) is 8.96. The molecule has 110 valence electrons. The monoisotopic (exact) mass is 275 g/mol. The minimum absolute atomic E-state index is 0.102. The number of likely N-dealkylation sites (N-methyl/N-ethyl adjacent to an activating group) is 2. The molecule has 0 heterocycles. The number of ether oxygens (including phenoxy) is 1. The quantitative estimate of drug-likeness (QED) is 0.604. The molecule has 0 bridgehead atoms. The Morgan fingerprint density at radius 1 is 1.21 bits per heavy atom. The largest absolute Gasteiger partial charge is 0.480 e. The Hall–Kier alpha value is -1.83. The van der Waals surface area contributed by atoms with Crippen LogP contribution in [0.5, 0.6) is 0 Å². The van der Waals surface area contributed by atoms with Gasteiger partial charge in [-0.25, -0.2) is 4.79 Å². The zero-order chi connectivity index (χ0) is 14.8. The number of carbonyl (C=O) groups is 3. The third-order valence-electron chi connectivity index (χ3n) is 2.43. The van der Waals surface area contributed by atoms with Gasteiger partial charge < -0.3 is 25.0 Å². The first kappa shape index (κ1) is 17.2. The highest BCUT2D eigenvalue weighted by Gasteiger charge is 2.23. The van der Waals surface area contributed by atoms with Gasteiger partial charge in [-0.1, -0.05) is 0 Å². The van der Waals surface area contributed by atoms with Gasteiger partial charge in [0.25, 0.3) is 0 Å². The average molecular weight is 275 g/mol. The maximum Gasteiger partial charge on any atom is 0.323 e. The summed E-state index contributed by atoms with van der Waals surface area (Å²) in [6, 6.07) is -0.495. The molecule has 0 aromatic carbocycles. The van der Waals surface area contributed by atoms with Crippen molar-refractivity contribution < 1.29 is 24.2 Å². The number of hydrogen-bond donors (Lipinski definition) is 2. The van der Waals surface area contributed by atoms with Crippen molar-refractivity contribution in [2.24, 2.45) is 0 Å². The number of hydrogen-bond acceptors (Lipinski definition) is 4. The van der Waals surface area contributed by atoms with Gasteiger partial charge in [0.05, 0.1) is 6.61 Å². The van der Waals surface area contributed by atoms with Crippen LogP contribution in [0, 0.1) is 0 Å². The highest BCUT2D eigenvalue weighted by Crippen LogP contribution is 2.00. The first-order valence-electron chi connectivity index (χ1n) is 5.91. The Kier molecular flexibility index (Phi) is 8.27. The van der Waals surface area contributed by atoms with Crippen LogP contribution in [0.4, 0.5) is 4.79 Å². The third kappa shape index (κ3) is 6.61. The lowest BCUT2D eigenvalue weighted by molar-refractivity contribution is -0.137. The summed E-state index contributed by atoms with van der Waals surface area (Å²) in [5, 5.41) is 11.2. The lowest BCUT2D eigenvalue weighted by Crippen LogP contribution is -2.49. The topological polar surface area (TPSA) is 99.2 Å². The summed E-state index contributed by atoms with van der Waals surface area (Å²) in [7, 11) is 2.94. The van der Waals surface area contributed by atoms with Gasteiger partial charge in [0.2, 0.25) is 5.91 Å². The van der Waals surface area contributed by atoms with Crippen molar-refractivity contribution in [3.05, 3.63) is 0 Å². The van der Waals surface area contributed by atoms with Crippen molar-refractivity contribution in [2.75, 3.05) is 46.9 Å². The van der Waals surface area contributed by atoms with E-state index in [0.717, 1.165) is 4.90 Å². The number of nitrogens with one attached hydrogen (secondary N) is 1. The second kappa shape index (κ2) is 9.15. The Balaban J connectivity index is 4.71. The average Bonchev–Trinajstić information content (AvgIpc) is 2.39. The van der Waals surface area contributed by atoms with Crippen LogP contribution in [0.15, 0.2) is 0 Å². The highest BCUT2D eigenvalue weighted by molar-refractivity contribution is 5.85. The van der Waals surface area contributed by atoms with E-state index >= 15 is 0 Å². The smallest absolute Gasteiger partial charge is 0.323 e. The Morgan fingerprint density at radius 3 is 2.26 bits per heavy atom. The lowest BCUT2D eigenvalue weighted by atomic mass is 10.4. The summed E-state index contributed by atoms with van der Waals surface area (Å²) in [6.45, 7) is 1.90. The van der Waals surface area contributed by atoms with Gasteiger partial charge in [-0.3, -0.25) is 9.59 Å². The van der Waals surface area contributed by atoms with Crippen molar-refractivity contribution in [3.63, 3.8) is 0 Å². The minimum Gasteiger partial charge on any atom is -0.480 e. The van der Waals surface area contributed by atoms with E-state index in [9.17, 15) is 14.4 Å². The number of methoxy groups -OCH3 is 1. The Labute approximate surface area is 112 Å². The van der Waals surface area contributed by atoms with E-state index in [1.807, 2.05) is 0 Å². The number of carbonyl (C=O) groups excluding carboxylic acids is 2. The van der Waals surface area contributed by atoms with Crippen LogP contribution in [0.2, 0.25) is 0 Å². The number of aliphatic carboxylic acids is 1. The molecule has 19 heavy (non-hydrogen) atoms. The van der Waals surface area contributed by atoms with Crippen molar-refractivity contribution in [1.29, 1.82) is 0 Å². The van der Waals surface area contributed by atoms with Gasteiger partial charge >= 0.3 is 12.0 Å². The van der Waals surface area contributed by atoms with Crippen molar-refractivity contribution >= 4 is 17.9 Å². The van der Waals surface area contributed by atoms with Crippen molar-refractivity contribution in [2.45, 2.75) is 6.92 Å². The molecule has 0 spiro atoms. The number of amides is 3. The van der Waals surface area contributed by atoms with Crippen LogP contribution in [0.25, 0.3) is 0 Å². The van der Waals surface area contributed by atoms with Crippen molar-refractivity contribution in [3.8, 4) is 0 Å². The van der Waals surface area contributed by atoms with Crippen LogP contribution in [-0.2, 0) is 14.3 Å². The number of rotatable bonds is 8. The van der Waals surface area contributed by atoms with Gasteiger partial charge in [-0.15, -0.1) is 0 Å². The maximum absolute atomic E-state index is 12.1. The summed E-state index contributed by atoms with van der Waals surface area (Å²) in [4.78, 5) is 36.5. The third-order valence-corrected chi connectivity index (χ3v) is 2.43. The standard InChI is InChI=1S/C11H21N3O5/c1-4-13(7-9(15)12-2)11(18)14(5-6-19-3)8-10(16)17/h4-8H2,1-3H3,(H,12,15)(H,16,17). The summed E-state index contributed by atoms with van der Waals surface area (Å²) >= 11 is 0. The van der Waals surface area contributed by atoms with Gasteiger partial charge in [-0.05, 0) is 6.92 Å². The maximum atomic E-state index is 12.1. The van der Waals surface area contributed by atoms with E-state index in [0.29, 0.717) is 6.54 Å². The summed E-state index contributed by atoms with van der Waals surface area (Å²) in [6.07, 6.45) is 0. The van der Waals surface area contributed by atoms with Gasteiger partial charge in [0.15, 0.2) is 0 Å². The van der Waals surface area contributed by atoms with Crippen LogP contribution in [0.3, 0.4) is 0 Å². The normalized spacial score (nSPS) is 9.84. The van der Waals surface area contributed by atoms with Gasteiger partial charge in [0.1, 0.15) is 13.1 Å². The molecular formula is C11H21N3O5. The Morgan fingerprint density at radius 2 is 1.84 bits per heavy atom. The van der Waals surface area contributed by atoms with E-state index in [2.05, 4.69) is 5.32 Å². The number of nitrogens with zero attached hydrogens (tertiary/aromatic N) is 2. The summed E-state index contributed by atoms with van der Waals surface area (Å²) < 4.78 is 4.84. The van der Waals surface area contributed by atoms with E-state index in [1.165, 1.54) is 19.1 Å². The molecule has 0 unspecified atom stereocenters. The predicted octanol–water partition coefficient (Wildman–Crippen LogP) is -0.793. The lowest BCUT2D eigenvalue weighted by Gasteiger charge is -2.28. The van der Waals surface area contributed by atoms with E-state index in [4.69, 9.17) is 9.84 Å². The highest BCUT2D eigenvalue weighted by atomic mass is 16.5. The van der Waals surface area contributed by atoms with E-state index in [-0.39, 0.29) is 25.6 Å². The number of carboxylic acids is 1. The molecule has 8 nitrogen and oxygen atoms in total. The predicted molar refractivity (Wildman–Crippen MR) is 67.8 cm³/mol. The summed E-state index contributed by atoms with van der Waals surface area (Å²) in [5.74, 6) is -1.42. The fourth-order valence-corrected chi connectivity index (χ4v) is 1.37. The van der Waals surface area contributed by atoms with E-state index < -0.39 is 18.5 Å². The molecule has 0 aliphatic carbocycles. The SMILES string of the molecule is CCN(CC(=O)NC)C(=O)N(CCOC)CC(=O)O. The van der Waals surface area contributed by atoms with Gasteiger partial charge in [0, 0.05) is 27.2 Å². The van der Waals surface area contributed by atoms with Gasteiger partial charge in [-0.2, -0.15) is 0 Å². The molecule has 0 aromatic rings. The van der Waals surface area contributed by atoms with Crippen LogP contribution in [0.1, 0.15) is 6.92 Å². The molecule has 0 fully saturated rings. The molecular weight excluding hydrogens is 254 g/mol. The number of carboxylic acid groups (broad SMARTS) is 1. The molecule has 0 saturated carbocycles.